The van der Waals surface area contributed by atoms with Gasteiger partial charge in [0.1, 0.15) is 6.61 Å². The van der Waals surface area contributed by atoms with Gasteiger partial charge in [0.05, 0.1) is 11.8 Å². The van der Waals surface area contributed by atoms with Gasteiger partial charge in [0.2, 0.25) is 0 Å². The standard InChI is InChI=1S/C21H21NO3/c1-14(9-16-3-5-17(6-4-16)21(23)24)11-22-19-7-8-20-15(2)12-25-13-18(20)10-19/h3-10,12,22H,11,13H2,1-2H3,(H,23,24). The second kappa shape index (κ2) is 7.26. The van der Waals surface area contributed by atoms with Crippen molar-refractivity contribution in [3.05, 3.63) is 76.6 Å². The average molecular weight is 335 g/mol. The summed E-state index contributed by atoms with van der Waals surface area (Å²) in [5.41, 5.74) is 7.09. The quantitative estimate of drug-likeness (QED) is 0.825. The van der Waals surface area contributed by atoms with Crippen LogP contribution in [0.15, 0.2) is 54.3 Å². The summed E-state index contributed by atoms with van der Waals surface area (Å²) in [7, 11) is 0. The van der Waals surface area contributed by atoms with Crippen molar-refractivity contribution in [2.75, 3.05) is 11.9 Å². The molecule has 0 aliphatic carbocycles. The van der Waals surface area contributed by atoms with Gasteiger partial charge in [0, 0.05) is 12.2 Å². The van der Waals surface area contributed by atoms with Crippen LogP contribution in [0.4, 0.5) is 5.69 Å². The van der Waals surface area contributed by atoms with Crippen molar-refractivity contribution in [2.24, 2.45) is 0 Å². The SMILES string of the molecule is CC(=Cc1ccc(C(=O)O)cc1)CNc1ccc2c(c1)COC=C2C. The molecule has 0 unspecified atom stereocenters. The Balaban J connectivity index is 1.65. The average Bonchev–Trinajstić information content (AvgIpc) is 2.60. The van der Waals surface area contributed by atoms with Crippen LogP contribution in [0.1, 0.15) is 40.9 Å². The molecule has 2 N–H and O–H groups in total. The lowest BCUT2D eigenvalue weighted by molar-refractivity contribution is 0.0697. The number of carbonyl (C=O) groups is 1. The summed E-state index contributed by atoms with van der Waals surface area (Å²) < 4.78 is 5.45. The normalized spacial score (nSPS) is 13.5. The third-order valence-corrected chi connectivity index (χ3v) is 4.17. The largest absolute Gasteiger partial charge is 0.496 e. The predicted molar refractivity (Wildman–Crippen MR) is 100 cm³/mol. The van der Waals surface area contributed by atoms with Gasteiger partial charge in [-0.3, -0.25) is 0 Å². The molecule has 0 saturated heterocycles. The zero-order valence-electron chi connectivity index (χ0n) is 14.4. The molecule has 4 nitrogen and oxygen atoms in total. The maximum atomic E-state index is 10.9. The number of hydrogen-bond acceptors (Lipinski definition) is 3. The topological polar surface area (TPSA) is 58.6 Å². The highest BCUT2D eigenvalue weighted by Crippen LogP contribution is 2.27. The van der Waals surface area contributed by atoms with E-state index in [4.69, 9.17) is 9.84 Å². The molecule has 128 valence electrons. The van der Waals surface area contributed by atoms with Crippen molar-refractivity contribution in [3.8, 4) is 0 Å². The van der Waals surface area contributed by atoms with E-state index >= 15 is 0 Å². The summed E-state index contributed by atoms with van der Waals surface area (Å²) in [5, 5.41) is 12.4. The molecule has 4 heteroatoms. The van der Waals surface area contributed by atoms with Crippen molar-refractivity contribution >= 4 is 23.3 Å². The molecule has 0 atom stereocenters. The van der Waals surface area contributed by atoms with E-state index in [-0.39, 0.29) is 0 Å². The number of ether oxygens (including phenoxy) is 1. The van der Waals surface area contributed by atoms with Gasteiger partial charge in [-0.15, -0.1) is 0 Å². The molecule has 0 radical (unpaired) electrons. The lowest BCUT2D eigenvalue weighted by Crippen LogP contribution is -2.05. The zero-order chi connectivity index (χ0) is 17.8. The van der Waals surface area contributed by atoms with Crippen LogP contribution in [0.2, 0.25) is 0 Å². The maximum absolute atomic E-state index is 10.9. The van der Waals surface area contributed by atoms with Crippen molar-refractivity contribution in [1.82, 2.24) is 0 Å². The Hall–Kier alpha value is -3.01. The number of fused-ring (bicyclic) bond motifs is 1. The molecule has 25 heavy (non-hydrogen) atoms. The minimum Gasteiger partial charge on any atom is -0.496 e. The molecular formula is C21H21NO3. The Bertz CT molecular complexity index is 848. The molecule has 0 bridgehead atoms. The van der Waals surface area contributed by atoms with Crippen LogP contribution in [0.25, 0.3) is 11.6 Å². The second-order valence-electron chi connectivity index (χ2n) is 6.26. The van der Waals surface area contributed by atoms with E-state index in [9.17, 15) is 4.79 Å². The highest BCUT2D eigenvalue weighted by atomic mass is 16.5. The van der Waals surface area contributed by atoms with Gasteiger partial charge in [-0.25, -0.2) is 4.79 Å². The van der Waals surface area contributed by atoms with Crippen LogP contribution in [-0.2, 0) is 11.3 Å². The molecule has 0 spiro atoms. The van der Waals surface area contributed by atoms with Crippen molar-refractivity contribution in [1.29, 1.82) is 0 Å². The summed E-state index contributed by atoms with van der Waals surface area (Å²) in [6.45, 7) is 5.42. The van der Waals surface area contributed by atoms with E-state index in [1.165, 1.54) is 11.1 Å². The van der Waals surface area contributed by atoms with Crippen molar-refractivity contribution in [3.63, 3.8) is 0 Å². The first-order chi connectivity index (χ1) is 12.0. The van der Waals surface area contributed by atoms with Gasteiger partial charge in [0.25, 0.3) is 0 Å². The highest BCUT2D eigenvalue weighted by molar-refractivity contribution is 5.87. The Labute approximate surface area is 147 Å². The first kappa shape index (κ1) is 16.8. The Morgan fingerprint density at radius 1 is 1.24 bits per heavy atom. The summed E-state index contributed by atoms with van der Waals surface area (Å²) in [5.74, 6) is -0.907. The first-order valence-corrected chi connectivity index (χ1v) is 8.19. The lowest BCUT2D eigenvalue weighted by atomic mass is 10.00. The van der Waals surface area contributed by atoms with Gasteiger partial charge in [0.15, 0.2) is 0 Å². The van der Waals surface area contributed by atoms with E-state index in [1.807, 2.05) is 32.1 Å². The number of aromatic carboxylic acids is 1. The molecule has 2 aromatic carbocycles. The number of nitrogens with one attached hydrogen (secondary N) is 1. The van der Waals surface area contributed by atoms with Gasteiger partial charge in [-0.1, -0.05) is 29.8 Å². The number of hydrogen-bond donors (Lipinski definition) is 2. The van der Waals surface area contributed by atoms with Crippen LogP contribution in [0.5, 0.6) is 0 Å². The molecule has 0 saturated carbocycles. The smallest absolute Gasteiger partial charge is 0.335 e. The third kappa shape index (κ3) is 4.10. The summed E-state index contributed by atoms with van der Waals surface area (Å²) in [6.07, 6.45) is 3.85. The fraction of sp³-hybridized carbons (Fsp3) is 0.190. The summed E-state index contributed by atoms with van der Waals surface area (Å²) in [4.78, 5) is 10.9. The van der Waals surface area contributed by atoms with Crippen LogP contribution in [0, 0.1) is 0 Å². The monoisotopic (exact) mass is 335 g/mol. The van der Waals surface area contributed by atoms with Crippen LogP contribution in [-0.4, -0.2) is 17.6 Å². The number of carboxylic acids is 1. The minimum absolute atomic E-state index is 0.300. The van der Waals surface area contributed by atoms with E-state index in [0.717, 1.165) is 28.9 Å². The number of allylic oxidation sites excluding steroid dienone is 1. The Kier molecular flexibility index (Phi) is 4.89. The third-order valence-electron chi connectivity index (χ3n) is 4.17. The summed E-state index contributed by atoms with van der Waals surface area (Å²) >= 11 is 0. The fourth-order valence-electron chi connectivity index (χ4n) is 2.83. The molecular weight excluding hydrogens is 314 g/mol. The lowest BCUT2D eigenvalue weighted by Gasteiger charge is -2.17. The number of carboxylic acid groups (broad SMARTS) is 1. The first-order valence-electron chi connectivity index (χ1n) is 8.19. The van der Waals surface area contributed by atoms with Gasteiger partial charge < -0.3 is 15.2 Å². The molecule has 2 aromatic rings. The Morgan fingerprint density at radius 2 is 2.00 bits per heavy atom. The van der Waals surface area contributed by atoms with Crippen LogP contribution in [0.3, 0.4) is 0 Å². The molecule has 0 aromatic heterocycles. The second-order valence-corrected chi connectivity index (χ2v) is 6.26. The highest BCUT2D eigenvalue weighted by Gasteiger charge is 2.10. The van der Waals surface area contributed by atoms with E-state index in [1.54, 1.807) is 18.4 Å². The maximum Gasteiger partial charge on any atom is 0.335 e. The molecule has 1 aliphatic rings. The number of anilines is 1. The predicted octanol–water partition coefficient (Wildman–Crippen LogP) is 4.79. The molecule has 1 aliphatic heterocycles. The molecule has 1 heterocycles. The molecule has 3 rings (SSSR count). The molecule has 0 fully saturated rings. The summed E-state index contributed by atoms with van der Waals surface area (Å²) in [6, 6.07) is 13.2. The Morgan fingerprint density at radius 3 is 2.72 bits per heavy atom. The van der Waals surface area contributed by atoms with E-state index < -0.39 is 5.97 Å². The van der Waals surface area contributed by atoms with Crippen LogP contribution < -0.4 is 5.32 Å². The van der Waals surface area contributed by atoms with Gasteiger partial charge in [-0.05, 0) is 60.4 Å². The number of rotatable bonds is 5. The minimum atomic E-state index is -0.907. The number of benzene rings is 2. The van der Waals surface area contributed by atoms with Gasteiger partial charge >= 0.3 is 5.97 Å². The van der Waals surface area contributed by atoms with Crippen LogP contribution >= 0.6 is 0 Å². The molecule has 0 amide bonds. The van der Waals surface area contributed by atoms with Gasteiger partial charge in [-0.2, -0.15) is 0 Å². The fourth-order valence-corrected chi connectivity index (χ4v) is 2.83. The van der Waals surface area contributed by atoms with Crippen molar-refractivity contribution in [2.45, 2.75) is 20.5 Å². The van der Waals surface area contributed by atoms with E-state index in [0.29, 0.717) is 12.2 Å². The van der Waals surface area contributed by atoms with Crippen molar-refractivity contribution < 1.29 is 14.6 Å². The van der Waals surface area contributed by atoms with E-state index in [2.05, 4.69) is 23.5 Å². The zero-order valence-corrected chi connectivity index (χ0v) is 14.4.